The highest BCUT2D eigenvalue weighted by Crippen LogP contribution is 2.40. The first-order chi connectivity index (χ1) is 18.8. The Labute approximate surface area is 228 Å². The Balaban J connectivity index is 1.34. The Morgan fingerprint density at radius 3 is 2.90 bits per heavy atom. The molecule has 16 nitrogen and oxygen atoms in total. The number of carbonyl (C=O) groups excluding carboxylic acids is 3. The van der Waals surface area contributed by atoms with Gasteiger partial charge in [-0.25, -0.2) is 4.57 Å². The molecule has 5 rings (SSSR count). The number of anilines is 2. The van der Waals surface area contributed by atoms with Gasteiger partial charge in [-0.15, -0.1) is 11.8 Å². The Morgan fingerprint density at radius 2 is 2.21 bits per heavy atom. The van der Waals surface area contributed by atoms with Crippen LogP contribution in [0.1, 0.15) is 5.82 Å². The number of oxime groups is 1. The smallest absolute Gasteiger partial charge is 0.307 e. The van der Waals surface area contributed by atoms with Crippen LogP contribution in [0.15, 0.2) is 41.0 Å². The number of nitrogens with zero attached hydrogens (tertiary/aromatic N) is 7. The van der Waals surface area contributed by atoms with Crippen molar-refractivity contribution in [2.24, 2.45) is 10.9 Å². The summed E-state index contributed by atoms with van der Waals surface area (Å²) in [6.07, 6.45) is 3.51. The molecule has 2 amide bonds. The van der Waals surface area contributed by atoms with Crippen LogP contribution in [0.2, 0.25) is 0 Å². The van der Waals surface area contributed by atoms with Crippen LogP contribution in [0.5, 0.6) is 0 Å². The molecule has 0 spiro atoms. The van der Waals surface area contributed by atoms with Crippen molar-refractivity contribution in [1.29, 1.82) is 0 Å². The first-order valence-electron chi connectivity index (χ1n) is 11.5. The molecular formula is C21H23N11O5S2. The summed E-state index contributed by atoms with van der Waals surface area (Å²) in [6, 6.07) is 2.64. The van der Waals surface area contributed by atoms with Crippen LogP contribution in [-0.2, 0) is 25.8 Å². The summed E-state index contributed by atoms with van der Waals surface area (Å²) in [5.74, 6) is -1.95. The van der Waals surface area contributed by atoms with E-state index in [1.165, 1.54) is 18.9 Å². The lowest BCUT2D eigenvalue weighted by molar-refractivity contribution is -0.662. The number of imidazole rings is 1. The summed E-state index contributed by atoms with van der Waals surface area (Å²) in [7, 11) is 1.24. The monoisotopic (exact) mass is 573 g/mol. The Bertz CT molecular complexity index is 1520. The highest BCUT2D eigenvalue weighted by atomic mass is 32.2. The van der Waals surface area contributed by atoms with E-state index < -0.39 is 29.2 Å². The van der Waals surface area contributed by atoms with Gasteiger partial charge in [0.25, 0.3) is 11.8 Å². The quantitative estimate of drug-likeness (QED) is 0.0818. The predicted molar refractivity (Wildman–Crippen MR) is 138 cm³/mol. The summed E-state index contributed by atoms with van der Waals surface area (Å²) in [5, 5.41) is 25.4. The third-order valence-corrected chi connectivity index (χ3v) is 7.79. The summed E-state index contributed by atoms with van der Waals surface area (Å²) < 4.78 is 7.43. The number of carbonyl (C=O) groups is 3. The van der Waals surface area contributed by atoms with Crippen molar-refractivity contribution >= 4 is 63.4 Å². The van der Waals surface area contributed by atoms with E-state index in [1.807, 2.05) is 10.6 Å². The lowest BCUT2D eigenvalue weighted by atomic mass is 10.0. The summed E-state index contributed by atoms with van der Waals surface area (Å²) in [4.78, 5) is 47.9. The van der Waals surface area contributed by atoms with Crippen LogP contribution in [0, 0.1) is 0 Å². The minimum absolute atomic E-state index is 0.0528. The SMILES string of the molecule is CO/N=C(\C(=O)N[C@@H]1C(=O)N2C(C(=O)[O-])=C(C[n+]3ccn4nc(NCCN)ccc43)CS[C@H]12)c1nsc(N)n1. The number of β-lactam (4-membered cyclic amide) rings is 1. The van der Waals surface area contributed by atoms with Crippen molar-refractivity contribution in [2.45, 2.75) is 18.0 Å². The number of hydrogen-bond donors (Lipinski definition) is 4. The fourth-order valence-corrected chi connectivity index (χ4v) is 6.00. The van der Waals surface area contributed by atoms with E-state index in [-0.39, 0.29) is 28.9 Å². The molecule has 0 aliphatic carbocycles. The molecular weight excluding hydrogens is 550 g/mol. The van der Waals surface area contributed by atoms with E-state index in [0.717, 1.165) is 16.4 Å². The second kappa shape index (κ2) is 10.8. The van der Waals surface area contributed by atoms with Gasteiger partial charge in [0.1, 0.15) is 31.3 Å². The number of nitrogen functional groups attached to an aromatic ring is 1. The lowest BCUT2D eigenvalue weighted by Crippen LogP contribution is -2.71. The number of nitrogens with one attached hydrogen (secondary N) is 2. The average molecular weight is 574 g/mol. The van der Waals surface area contributed by atoms with Crippen LogP contribution in [-0.4, -0.2) is 84.7 Å². The van der Waals surface area contributed by atoms with Crippen LogP contribution in [0.3, 0.4) is 0 Å². The maximum atomic E-state index is 13.1. The number of rotatable bonds is 10. The van der Waals surface area contributed by atoms with E-state index in [2.05, 4.69) is 30.2 Å². The van der Waals surface area contributed by atoms with Gasteiger partial charge in [0.2, 0.25) is 11.5 Å². The average Bonchev–Trinajstić information content (AvgIpc) is 3.54. The van der Waals surface area contributed by atoms with Gasteiger partial charge in [-0.2, -0.15) is 9.36 Å². The Kier molecular flexibility index (Phi) is 7.31. The minimum Gasteiger partial charge on any atom is -0.543 e. The fraction of sp³-hybridized carbons (Fsp3) is 0.333. The van der Waals surface area contributed by atoms with E-state index in [4.69, 9.17) is 16.3 Å². The van der Waals surface area contributed by atoms with Gasteiger partial charge >= 0.3 is 5.65 Å². The second-order valence-corrected chi connectivity index (χ2v) is 10.2. The van der Waals surface area contributed by atoms with Crippen LogP contribution >= 0.6 is 23.3 Å². The van der Waals surface area contributed by atoms with Crippen molar-refractivity contribution in [3.05, 3.63) is 41.6 Å². The zero-order valence-corrected chi connectivity index (χ0v) is 22.1. The maximum absolute atomic E-state index is 13.1. The lowest BCUT2D eigenvalue weighted by Gasteiger charge is -2.50. The Morgan fingerprint density at radius 1 is 1.38 bits per heavy atom. The molecule has 6 N–H and O–H groups in total. The molecule has 3 aromatic rings. The first-order valence-corrected chi connectivity index (χ1v) is 13.4. The highest BCUT2D eigenvalue weighted by Gasteiger charge is 2.53. The maximum Gasteiger partial charge on any atom is 0.307 e. The predicted octanol–water partition coefficient (Wildman–Crippen LogP) is -3.12. The molecule has 1 saturated heterocycles. The number of carboxylic acids is 1. The zero-order chi connectivity index (χ0) is 27.7. The molecule has 1 fully saturated rings. The molecule has 2 atom stereocenters. The normalized spacial score (nSPS) is 19.1. The number of fused-ring (bicyclic) bond motifs is 2. The van der Waals surface area contributed by atoms with Gasteiger partial charge in [0, 0.05) is 42.0 Å². The number of carboxylic acid groups (broad SMARTS) is 1. The third-order valence-electron chi connectivity index (χ3n) is 5.91. The van der Waals surface area contributed by atoms with Gasteiger partial charge < -0.3 is 36.8 Å². The number of amides is 2. The number of nitrogens with two attached hydrogens (primary N) is 2. The molecule has 0 unspecified atom stereocenters. The van der Waals surface area contributed by atoms with Gasteiger partial charge in [0.05, 0.1) is 11.7 Å². The van der Waals surface area contributed by atoms with E-state index >= 15 is 0 Å². The van der Waals surface area contributed by atoms with Crippen molar-refractivity contribution in [2.75, 3.05) is 37.0 Å². The van der Waals surface area contributed by atoms with E-state index in [0.29, 0.717) is 35.9 Å². The Hall–Kier alpha value is -4.29. The molecule has 39 heavy (non-hydrogen) atoms. The van der Waals surface area contributed by atoms with E-state index in [1.54, 1.807) is 23.0 Å². The largest absolute Gasteiger partial charge is 0.543 e. The standard InChI is InChI=1S/C21H23N11O5S2/c1-37-28-13(16-26-21(23)39-29-16)17(33)25-14-18(34)32-15(20(35)36)10(9-38-19(14)32)8-30-6-7-31-12(30)3-2-11(27-31)24-5-4-22/h2-3,6-7,14,19H,4-5,8-9,22H2,1H3,(H4-,23,24,25,26,27,29,33,35,36)/b28-13-/t14-,19-/m1/s1. The highest BCUT2D eigenvalue weighted by molar-refractivity contribution is 8.00. The van der Waals surface area contributed by atoms with E-state index in [9.17, 15) is 19.5 Å². The van der Waals surface area contributed by atoms with Crippen molar-refractivity contribution in [3.8, 4) is 0 Å². The molecule has 204 valence electrons. The molecule has 0 saturated carbocycles. The molecule has 2 aliphatic rings. The van der Waals surface area contributed by atoms with Crippen molar-refractivity contribution in [3.63, 3.8) is 0 Å². The molecule has 2 aliphatic heterocycles. The minimum atomic E-state index is -1.48. The summed E-state index contributed by atoms with van der Waals surface area (Å²) in [6.45, 7) is 1.23. The van der Waals surface area contributed by atoms with Crippen molar-refractivity contribution < 1.29 is 28.9 Å². The topological polar surface area (TPSA) is 222 Å². The van der Waals surface area contributed by atoms with Gasteiger partial charge in [-0.3, -0.25) is 14.5 Å². The second-order valence-electron chi connectivity index (χ2n) is 8.34. The number of aliphatic carboxylic acids is 1. The fourth-order valence-electron chi connectivity index (χ4n) is 4.23. The first kappa shape index (κ1) is 26.3. The number of hydrogen-bond acceptors (Lipinski definition) is 14. The molecule has 0 radical (unpaired) electrons. The number of aromatic nitrogens is 5. The zero-order valence-electron chi connectivity index (χ0n) is 20.4. The van der Waals surface area contributed by atoms with Crippen LogP contribution in [0.4, 0.5) is 10.9 Å². The molecule has 5 heterocycles. The van der Waals surface area contributed by atoms with Gasteiger partial charge in [-0.1, -0.05) is 14.8 Å². The molecule has 0 aromatic carbocycles. The van der Waals surface area contributed by atoms with Crippen LogP contribution in [0.25, 0.3) is 5.65 Å². The van der Waals surface area contributed by atoms with Gasteiger partial charge in [-0.05, 0) is 6.07 Å². The molecule has 18 heteroatoms. The van der Waals surface area contributed by atoms with Crippen LogP contribution < -0.4 is 31.8 Å². The number of thioether (sulfide) groups is 1. The van der Waals surface area contributed by atoms with Crippen molar-refractivity contribution in [1.82, 2.24) is 29.2 Å². The molecule has 3 aromatic heterocycles. The van der Waals surface area contributed by atoms with Gasteiger partial charge in [0.15, 0.2) is 17.1 Å². The summed E-state index contributed by atoms with van der Waals surface area (Å²) in [5.41, 5.74) is 11.8. The summed E-state index contributed by atoms with van der Waals surface area (Å²) >= 11 is 2.19. The molecule has 0 bridgehead atoms. The third kappa shape index (κ3) is 4.95.